The third-order valence-corrected chi connectivity index (χ3v) is 4.65. The van der Waals surface area contributed by atoms with Gasteiger partial charge in [0.05, 0.1) is 13.7 Å². The number of rotatable bonds is 6. The van der Waals surface area contributed by atoms with Gasteiger partial charge < -0.3 is 15.4 Å². The number of amidine groups is 1. The summed E-state index contributed by atoms with van der Waals surface area (Å²) < 4.78 is 31.6. The highest BCUT2D eigenvalue weighted by Gasteiger charge is 2.40. The molecule has 2 N–H and O–H groups in total. The van der Waals surface area contributed by atoms with Crippen LogP contribution in [-0.2, 0) is 20.7 Å². The van der Waals surface area contributed by atoms with E-state index in [1.54, 1.807) is 37.3 Å². The number of benzene rings is 2. The Kier molecular flexibility index (Phi) is 5.91. The Labute approximate surface area is 167 Å². The molecule has 1 amide bonds. The molecule has 6 nitrogen and oxygen atoms in total. The summed E-state index contributed by atoms with van der Waals surface area (Å²) in [6, 6.07) is 11.0. The molecule has 1 heterocycles. The molecular formula is C21H21F2N3O3. The molecule has 0 radical (unpaired) electrons. The average Bonchev–Trinajstić information content (AvgIpc) is 3.07. The molecule has 0 saturated carbocycles. The molecule has 3 rings (SSSR count). The van der Waals surface area contributed by atoms with Crippen molar-refractivity contribution in [2.45, 2.75) is 24.9 Å². The predicted molar refractivity (Wildman–Crippen MR) is 103 cm³/mol. The Bertz CT molecular complexity index is 929. The fourth-order valence-corrected chi connectivity index (χ4v) is 3.12. The zero-order valence-electron chi connectivity index (χ0n) is 16.0. The minimum absolute atomic E-state index is 0.120. The van der Waals surface area contributed by atoms with Gasteiger partial charge in [0.1, 0.15) is 23.0 Å². The number of hydrogen-bond donors (Lipinski definition) is 2. The van der Waals surface area contributed by atoms with E-state index < -0.39 is 35.1 Å². The number of aliphatic imine (C=N–C) groups is 1. The first kappa shape index (κ1) is 20.4. The number of nitrogens with one attached hydrogen (secondary N) is 2. The summed E-state index contributed by atoms with van der Waals surface area (Å²) in [4.78, 5) is 29.4. The van der Waals surface area contributed by atoms with Crippen LogP contribution in [0.5, 0.6) is 0 Å². The number of methoxy groups -OCH3 is 1. The van der Waals surface area contributed by atoms with Crippen LogP contribution in [0.4, 0.5) is 8.78 Å². The van der Waals surface area contributed by atoms with E-state index in [9.17, 15) is 18.4 Å². The molecule has 8 heteroatoms. The van der Waals surface area contributed by atoms with Crippen molar-refractivity contribution in [3.05, 3.63) is 71.3 Å². The molecule has 0 spiro atoms. The minimum atomic E-state index is -1.11. The lowest BCUT2D eigenvalue weighted by Gasteiger charge is -2.26. The third kappa shape index (κ3) is 4.77. The Morgan fingerprint density at radius 1 is 1.21 bits per heavy atom. The molecule has 0 aliphatic carbocycles. The molecule has 0 fully saturated rings. The van der Waals surface area contributed by atoms with Crippen LogP contribution in [0.25, 0.3) is 0 Å². The van der Waals surface area contributed by atoms with E-state index in [1.807, 2.05) is 0 Å². The SMILES string of the molecule is COC(=O)C(NC(=O)C1(C)CN=C(Cc2cc(F)cc(F)c2)N1)c1ccccc1. The van der Waals surface area contributed by atoms with Gasteiger partial charge in [0.25, 0.3) is 0 Å². The van der Waals surface area contributed by atoms with E-state index in [0.29, 0.717) is 17.0 Å². The number of esters is 1. The summed E-state index contributed by atoms with van der Waals surface area (Å²) in [5, 5.41) is 5.71. The quantitative estimate of drug-likeness (QED) is 0.728. The second kappa shape index (κ2) is 8.38. The fourth-order valence-electron chi connectivity index (χ4n) is 3.12. The van der Waals surface area contributed by atoms with E-state index in [-0.39, 0.29) is 13.0 Å². The van der Waals surface area contributed by atoms with Crippen LogP contribution in [0.2, 0.25) is 0 Å². The van der Waals surface area contributed by atoms with E-state index >= 15 is 0 Å². The summed E-state index contributed by atoms with van der Waals surface area (Å²) in [5.41, 5.74) is -0.122. The number of carbonyl (C=O) groups is 2. The molecule has 29 heavy (non-hydrogen) atoms. The number of ether oxygens (including phenoxy) is 1. The van der Waals surface area contributed by atoms with Crippen LogP contribution in [0.1, 0.15) is 24.1 Å². The van der Waals surface area contributed by atoms with Crippen molar-refractivity contribution >= 4 is 17.7 Å². The Morgan fingerprint density at radius 3 is 2.48 bits per heavy atom. The minimum Gasteiger partial charge on any atom is -0.467 e. The fraction of sp³-hybridized carbons (Fsp3) is 0.286. The number of carbonyl (C=O) groups excluding carboxylic acids is 2. The first-order valence-electron chi connectivity index (χ1n) is 9.01. The van der Waals surface area contributed by atoms with E-state index in [4.69, 9.17) is 4.74 Å². The maximum atomic E-state index is 13.4. The summed E-state index contributed by atoms with van der Waals surface area (Å²) in [7, 11) is 1.25. The second-order valence-electron chi connectivity index (χ2n) is 7.01. The van der Waals surface area contributed by atoms with Crippen LogP contribution in [-0.4, -0.2) is 36.9 Å². The predicted octanol–water partition coefficient (Wildman–Crippen LogP) is 2.30. The van der Waals surface area contributed by atoms with Crippen molar-refractivity contribution in [1.82, 2.24) is 10.6 Å². The van der Waals surface area contributed by atoms with E-state index in [2.05, 4.69) is 15.6 Å². The monoisotopic (exact) mass is 401 g/mol. The first-order valence-corrected chi connectivity index (χ1v) is 9.01. The molecule has 2 atom stereocenters. The molecule has 2 aromatic rings. The standard InChI is InChI=1S/C21H21F2N3O3/c1-21(12-24-17(26-21)10-13-8-15(22)11-16(23)9-13)20(28)25-18(19(27)29-2)14-6-4-3-5-7-14/h3-9,11,18H,10,12H2,1-2H3,(H,24,26)(H,25,28). The topological polar surface area (TPSA) is 79.8 Å². The van der Waals surface area contributed by atoms with Crippen molar-refractivity contribution in [3.8, 4) is 0 Å². The van der Waals surface area contributed by atoms with Crippen LogP contribution in [0.3, 0.4) is 0 Å². The van der Waals surface area contributed by atoms with Gasteiger partial charge in [-0.1, -0.05) is 30.3 Å². The molecule has 0 saturated heterocycles. The van der Waals surface area contributed by atoms with Gasteiger partial charge in [0.15, 0.2) is 6.04 Å². The van der Waals surface area contributed by atoms with Gasteiger partial charge in [-0.2, -0.15) is 0 Å². The molecule has 2 aromatic carbocycles. The van der Waals surface area contributed by atoms with Gasteiger partial charge in [0.2, 0.25) is 5.91 Å². The molecule has 1 aliphatic heterocycles. The molecule has 0 aromatic heterocycles. The molecule has 1 aliphatic rings. The van der Waals surface area contributed by atoms with Crippen LogP contribution >= 0.6 is 0 Å². The normalized spacial score (nSPS) is 19.1. The van der Waals surface area contributed by atoms with Crippen molar-refractivity contribution in [2.24, 2.45) is 4.99 Å². The number of amides is 1. The summed E-state index contributed by atoms with van der Waals surface area (Å²) in [5.74, 6) is -1.96. The maximum Gasteiger partial charge on any atom is 0.333 e. The molecular weight excluding hydrogens is 380 g/mol. The lowest BCUT2D eigenvalue weighted by molar-refractivity contribution is -0.146. The van der Waals surface area contributed by atoms with Gasteiger partial charge >= 0.3 is 5.97 Å². The van der Waals surface area contributed by atoms with Crippen LogP contribution in [0.15, 0.2) is 53.5 Å². The van der Waals surface area contributed by atoms with Gasteiger partial charge in [-0.15, -0.1) is 0 Å². The highest BCUT2D eigenvalue weighted by molar-refractivity contribution is 5.98. The van der Waals surface area contributed by atoms with Crippen molar-refractivity contribution in [3.63, 3.8) is 0 Å². The van der Waals surface area contributed by atoms with Gasteiger partial charge in [-0.05, 0) is 30.2 Å². The Hall–Kier alpha value is -3.29. The lowest BCUT2D eigenvalue weighted by atomic mass is 10.00. The highest BCUT2D eigenvalue weighted by Crippen LogP contribution is 2.19. The number of nitrogens with zero attached hydrogens (tertiary/aromatic N) is 1. The summed E-state index contributed by atoms with van der Waals surface area (Å²) in [6.45, 7) is 1.76. The lowest BCUT2D eigenvalue weighted by Crippen LogP contribution is -2.56. The Balaban J connectivity index is 1.70. The molecule has 152 valence electrons. The zero-order valence-corrected chi connectivity index (χ0v) is 16.0. The Morgan fingerprint density at radius 2 is 1.86 bits per heavy atom. The van der Waals surface area contributed by atoms with Crippen molar-refractivity contribution in [2.75, 3.05) is 13.7 Å². The number of halogens is 2. The second-order valence-corrected chi connectivity index (χ2v) is 7.01. The maximum absolute atomic E-state index is 13.4. The summed E-state index contributed by atoms with van der Waals surface area (Å²) >= 11 is 0. The first-order chi connectivity index (χ1) is 13.8. The van der Waals surface area contributed by atoms with Crippen LogP contribution < -0.4 is 10.6 Å². The smallest absolute Gasteiger partial charge is 0.333 e. The van der Waals surface area contributed by atoms with Gasteiger partial charge in [-0.25, -0.2) is 13.6 Å². The van der Waals surface area contributed by atoms with Gasteiger partial charge in [0, 0.05) is 12.5 Å². The van der Waals surface area contributed by atoms with Crippen LogP contribution in [0, 0.1) is 11.6 Å². The van der Waals surface area contributed by atoms with Crippen molar-refractivity contribution in [1.29, 1.82) is 0 Å². The highest BCUT2D eigenvalue weighted by atomic mass is 19.1. The van der Waals surface area contributed by atoms with E-state index in [0.717, 1.165) is 6.07 Å². The van der Waals surface area contributed by atoms with Gasteiger partial charge in [-0.3, -0.25) is 9.79 Å². The average molecular weight is 401 g/mol. The molecule has 2 unspecified atom stereocenters. The third-order valence-electron chi connectivity index (χ3n) is 4.65. The molecule has 0 bridgehead atoms. The summed E-state index contributed by atoms with van der Waals surface area (Å²) in [6.07, 6.45) is 0.149. The zero-order chi connectivity index (χ0) is 21.0. The van der Waals surface area contributed by atoms with Crippen molar-refractivity contribution < 1.29 is 23.1 Å². The largest absolute Gasteiger partial charge is 0.467 e. The number of hydrogen-bond acceptors (Lipinski definition) is 5. The van der Waals surface area contributed by atoms with E-state index in [1.165, 1.54) is 19.2 Å².